The summed E-state index contributed by atoms with van der Waals surface area (Å²) >= 11 is 1.49. The zero-order chi connectivity index (χ0) is 13.8. The van der Waals surface area contributed by atoms with Crippen LogP contribution in [0.25, 0.3) is 0 Å². The van der Waals surface area contributed by atoms with E-state index in [0.29, 0.717) is 0 Å². The number of hydrogen-bond acceptors (Lipinski definition) is 4. The number of aryl methyl sites for hydroxylation is 1. The molecule has 2 aromatic rings. The van der Waals surface area contributed by atoms with Crippen LogP contribution < -0.4 is 4.74 Å². The fourth-order valence-corrected chi connectivity index (χ4v) is 2.64. The van der Waals surface area contributed by atoms with Gasteiger partial charge in [-0.2, -0.15) is 0 Å². The van der Waals surface area contributed by atoms with Gasteiger partial charge in [0.2, 0.25) is 0 Å². The molecule has 19 heavy (non-hydrogen) atoms. The molecule has 2 rings (SSSR count). The van der Waals surface area contributed by atoms with Gasteiger partial charge in [0.05, 0.1) is 12.0 Å². The van der Waals surface area contributed by atoms with E-state index in [-0.39, 0.29) is 10.6 Å². The third-order valence-corrected chi connectivity index (χ3v) is 3.52. The van der Waals surface area contributed by atoms with Crippen LogP contribution in [0.4, 0.5) is 5.69 Å². The SMILES string of the molecule is COc1ccc(Sc2cc(C)cc([N+](=O)[O-])c2)cc1. The summed E-state index contributed by atoms with van der Waals surface area (Å²) in [4.78, 5) is 12.3. The molecule has 0 aliphatic rings. The van der Waals surface area contributed by atoms with Crippen molar-refractivity contribution in [2.24, 2.45) is 0 Å². The predicted octanol–water partition coefficient (Wildman–Crippen LogP) is 4.06. The van der Waals surface area contributed by atoms with Crippen molar-refractivity contribution in [2.75, 3.05) is 7.11 Å². The lowest BCUT2D eigenvalue weighted by Gasteiger charge is -2.04. The highest BCUT2D eigenvalue weighted by Crippen LogP contribution is 2.32. The number of ether oxygens (including phenoxy) is 1. The zero-order valence-corrected chi connectivity index (χ0v) is 11.4. The molecule has 0 saturated carbocycles. The van der Waals surface area contributed by atoms with E-state index in [1.165, 1.54) is 11.8 Å². The lowest BCUT2D eigenvalue weighted by Crippen LogP contribution is -1.89. The summed E-state index contributed by atoms with van der Waals surface area (Å²) in [5, 5.41) is 10.8. The van der Waals surface area contributed by atoms with Crippen LogP contribution in [0.15, 0.2) is 52.3 Å². The number of nitrogens with zero attached hydrogens (tertiary/aromatic N) is 1. The van der Waals surface area contributed by atoms with Gasteiger partial charge in [-0.05, 0) is 42.8 Å². The molecule has 2 aromatic carbocycles. The monoisotopic (exact) mass is 275 g/mol. The third-order valence-electron chi connectivity index (χ3n) is 2.54. The number of benzene rings is 2. The standard InChI is InChI=1S/C14H13NO3S/c1-10-7-11(15(16)17)9-14(8-10)19-13-5-3-12(18-2)4-6-13/h3-9H,1-2H3. The second kappa shape index (κ2) is 5.75. The summed E-state index contributed by atoms with van der Waals surface area (Å²) in [7, 11) is 1.62. The van der Waals surface area contributed by atoms with Gasteiger partial charge in [-0.15, -0.1) is 0 Å². The summed E-state index contributed by atoms with van der Waals surface area (Å²) in [6, 6.07) is 12.7. The van der Waals surface area contributed by atoms with Gasteiger partial charge in [0.25, 0.3) is 5.69 Å². The Morgan fingerprint density at radius 3 is 2.37 bits per heavy atom. The van der Waals surface area contributed by atoms with Crippen molar-refractivity contribution < 1.29 is 9.66 Å². The summed E-state index contributed by atoms with van der Waals surface area (Å²) < 4.78 is 5.09. The Morgan fingerprint density at radius 1 is 1.11 bits per heavy atom. The molecule has 0 radical (unpaired) electrons. The molecule has 0 amide bonds. The Kier molecular flexibility index (Phi) is 4.06. The number of hydrogen-bond donors (Lipinski definition) is 0. The van der Waals surface area contributed by atoms with Gasteiger partial charge in [0.1, 0.15) is 5.75 Å². The van der Waals surface area contributed by atoms with Crippen LogP contribution in [0.5, 0.6) is 5.75 Å². The summed E-state index contributed by atoms with van der Waals surface area (Å²) in [6.07, 6.45) is 0. The van der Waals surface area contributed by atoms with Crippen LogP contribution in [0, 0.1) is 17.0 Å². The Labute approximate surface area is 115 Å². The molecule has 0 saturated heterocycles. The van der Waals surface area contributed by atoms with Crippen LogP contribution in [0.2, 0.25) is 0 Å². The smallest absolute Gasteiger partial charge is 0.270 e. The minimum Gasteiger partial charge on any atom is -0.497 e. The summed E-state index contributed by atoms with van der Waals surface area (Å²) in [5.41, 5.74) is 1.00. The fourth-order valence-electron chi connectivity index (χ4n) is 1.67. The molecule has 0 unspecified atom stereocenters. The van der Waals surface area contributed by atoms with Crippen LogP contribution in [-0.2, 0) is 0 Å². The Balaban J connectivity index is 2.24. The Morgan fingerprint density at radius 2 is 1.79 bits per heavy atom. The zero-order valence-electron chi connectivity index (χ0n) is 10.6. The van der Waals surface area contributed by atoms with Crippen molar-refractivity contribution in [3.05, 3.63) is 58.1 Å². The van der Waals surface area contributed by atoms with E-state index in [0.717, 1.165) is 21.1 Å². The number of methoxy groups -OCH3 is 1. The van der Waals surface area contributed by atoms with Gasteiger partial charge in [-0.3, -0.25) is 10.1 Å². The first-order valence-electron chi connectivity index (χ1n) is 5.66. The lowest BCUT2D eigenvalue weighted by atomic mass is 10.2. The molecule has 98 valence electrons. The van der Waals surface area contributed by atoms with E-state index in [1.54, 1.807) is 19.2 Å². The predicted molar refractivity (Wildman–Crippen MR) is 75.0 cm³/mol. The maximum absolute atomic E-state index is 10.8. The minimum atomic E-state index is -0.370. The maximum Gasteiger partial charge on any atom is 0.270 e. The van der Waals surface area contributed by atoms with Crippen molar-refractivity contribution >= 4 is 17.4 Å². The van der Waals surface area contributed by atoms with Gasteiger partial charge in [-0.1, -0.05) is 11.8 Å². The van der Waals surface area contributed by atoms with Crippen molar-refractivity contribution in [3.8, 4) is 5.75 Å². The van der Waals surface area contributed by atoms with Crippen LogP contribution in [-0.4, -0.2) is 12.0 Å². The minimum absolute atomic E-state index is 0.121. The molecule has 0 aromatic heterocycles. The van der Waals surface area contributed by atoms with Crippen molar-refractivity contribution in [1.29, 1.82) is 0 Å². The Hall–Kier alpha value is -2.01. The average Bonchev–Trinajstić information content (AvgIpc) is 2.39. The molecule has 0 N–H and O–H groups in total. The van der Waals surface area contributed by atoms with Gasteiger partial charge >= 0.3 is 0 Å². The summed E-state index contributed by atoms with van der Waals surface area (Å²) in [5.74, 6) is 0.791. The van der Waals surface area contributed by atoms with Crippen molar-refractivity contribution in [2.45, 2.75) is 16.7 Å². The third kappa shape index (κ3) is 3.48. The average molecular weight is 275 g/mol. The largest absolute Gasteiger partial charge is 0.497 e. The number of non-ortho nitro benzene ring substituents is 1. The van der Waals surface area contributed by atoms with E-state index >= 15 is 0 Å². The molecule has 4 nitrogen and oxygen atoms in total. The second-order valence-corrected chi connectivity index (χ2v) is 5.19. The van der Waals surface area contributed by atoms with Crippen molar-refractivity contribution in [1.82, 2.24) is 0 Å². The quantitative estimate of drug-likeness (QED) is 0.623. The molecule has 0 aliphatic heterocycles. The van der Waals surface area contributed by atoms with Crippen molar-refractivity contribution in [3.63, 3.8) is 0 Å². The highest BCUT2D eigenvalue weighted by molar-refractivity contribution is 7.99. The lowest BCUT2D eigenvalue weighted by molar-refractivity contribution is -0.385. The second-order valence-electron chi connectivity index (χ2n) is 4.04. The van der Waals surface area contributed by atoms with Crippen LogP contribution in [0.1, 0.15) is 5.56 Å². The molecule has 0 bridgehead atoms. The first-order chi connectivity index (χ1) is 9.08. The van der Waals surface area contributed by atoms with E-state index in [4.69, 9.17) is 4.74 Å². The first-order valence-corrected chi connectivity index (χ1v) is 6.48. The van der Waals surface area contributed by atoms with E-state index < -0.39 is 0 Å². The topological polar surface area (TPSA) is 52.4 Å². The van der Waals surface area contributed by atoms with E-state index in [2.05, 4.69) is 0 Å². The maximum atomic E-state index is 10.8. The van der Waals surface area contributed by atoms with E-state index in [9.17, 15) is 10.1 Å². The molecule has 0 spiro atoms. The summed E-state index contributed by atoms with van der Waals surface area (Å²) in [6.45, 7) is 1.85. The van der Waals surface area contributed by atoms with Gasteiger partial charge in [-0.25, -0.2) is 0 Å². The highest BCUT2D eigenvalue weighted by Gasteiger charge is 2.09. The van der Waals surface area contributed by atoms with Gasteiger partial charge in [0, 0.05) is 21.9 Å². The van der Waals surface area contributed by atoms with Crippen LogP contribution in [0.3, 0.4) is 0 Å². The van der Waals surface area contributed by atoms with Gasteiger partial charge in [0.15, 0.2) is 0 Å². The fraction of sp³-hybridized carbons (Fsp3) is 0.143. The molecule has 0 heterocycles. The number of nitro benzene ring substituents is 1. The highest BCUT2D eigenvalue weighted by atomic mass is 32.2. The molecule has 0 aliphatic carbocycles. The molecular formula is C14H13NO3S. The molecular weight excluding hydrogens is 262 g/mol. The van der Waals surface area contributed by atoms with Crippen LogP contribution >= 0.6 is 11.8 Å². The number of rotatable bonds is 4. The molecule has 0 fully saturated rings. The van der Waals surface area contributed by atoms with Gasteiger partial charge < -0.3 is 4.74 Å². The molecule has 0 atom stereocenters. The normalized spacial score (nSPS) is 10.2. The number of nitro groups is 1. The molecule has 5 heteroatoms. The van der Waals surface area contributed by atoms with E-state index in [1.807, 2.05) is 37.3 Å². The first kappa shape index (κ1) is 13.4. The Bertz CT molecular complexity index is 596.